The molecule has 1 aromatic carbocycles. The largest absolute Gasteiger partial charge is 0.511 e. The number of aliphatic hydroxyl groups is 1. The predicted octanol–water partition coefficient (Wildman–Crippen LogP) is 2.02. The Hall–Kier alpha value is -3.29. The minimum absolute atomic E-state index is 0.0867. The number of aliphatic carboxylic acids is 1. The molecule has 0 bridgehead atoms. The summed E-state index contributed by atoms with van der Waals surface area (Å²) in [6.45, 7) is 0. The van der Waals surface area contributed by atoms with E-state index in [1.807, 2.05) is 6.07 Å². The Morgan fingerprint density at radius 2 is 1.96 bits per heavy atom. The molecule has 1 aliphatic carbocycles. The third-order valence-corrected chi connectivity index (χ3v) is 4.64. The van der Waals surface area contributed by atoms with Crippen LogP contribution in [-0.4, -0.2) is 30.8 Å². The van der Waals surface area contributed by atoms with E-state index in [2.05, 4.69) is 10.1 Å². The van der Waals surface area contributed by atoms with Gasteiger partial charge < -0.3 is 10.2 Å². The molecule has 0 radical (unpaired) electrons. The first-order valence-electron chi connectivity index (χ1n) is 8.55. The van der Waals surface area contributed by atoms with Crippen LogP contribution in [0.4, 0.5) is 4.39 Å². The monoisotopic (exact) mass is 369 g/mol. The number of benzene rings is 1. The molecule has 1 saturated carbocycles. The van der Waals surface area contributed by atoms with Crippen LogP contribution in [0, 0.1) is 5.82 Å². The van der Waals surface area contributed by atoms with E-state index in [9.17, 15) is 19.1 Å². The number of carbonyl (C=O) groups is 1. The highest BCUT2D eigenvalue weighted by molar-refractivity contribution is 5.69. The van der Waals surface area contributed by atoms with Gasteiger partial charge >= 0.3 is 5.97 Å². The van der Waals surface area contributed by atoms with Crippen molar-refractivity contribution in [1.82, 2.24) is 14.6 Å². The van der Waals surface area contributed by atoms with Gasteiger partial charge in [-0.1, -0.05) is 0 Å². The van der Waals surface area contributed by atoms with Crippen molar-refractivity contribution >= 4 is 17.4 Å². The zero-order valence-electron chi connectivity index (χ0n) is 14.2. The van der Waals surface area contributed by atoms with Crippen LogP contribution in [0.15, 0.2) is 35.4 Å². The Kier molecular flexibility index (Phi) is 4.10. The lowest BCUT2D eigenvalue weighted by atomic mass is 10.0. The van der Waals surface area contributed by atoms with E-state index in [0.29, 0.717) is 17.2 Å². The summed E-state index contributed by atoms with van der Waals surface area (Å²) in [5, 5.41) is 23.0. The summed E-state index contributed by atoms with van der Waals surface area (Å²) in [6, 6.07) is 5.93. The molecule has 27 heavy (non-hydrogen) atoms. The highest BCUT2D eigenvalue weighted by Crippen LogP contribution is 2.41. The zero-order valence-corrected chi connectivity index (χ0v) is 14.2. The van der Waals surface area contributed by atoms with Crippen molar-refractivity contribution in [3.8, 4) is 11.3 Å². The average Bonchev–Trinajstić information content (AvgIpc) is 3.36. The predicted molar refractivity (Wildman–Crippen MR) is 94.8 cm³/mol. The number of aromatic nitrogens is 3. The SMILES string of the molecule is O=C(O)CCC(O)=c1c(=O)cc(-c2cc(F)cc(C3CC3)c2)n2ncnc12. The Labute approximate surface area is 152 Å². The highest BCUT2D eigenvalue weighted by atomic mass is 19.1. The van der Waals surface area contributed by atoms with Crippen LogP contribution in [0.3, 0.4) is 0 Å². The standard InChI is InChI=1S/C19H16FN3O4/c20-13-6-11(10-1-2-10)5-12(7-13)14-8-16(25)18(15(24)3-4-17(26)27)19-21-9-22-23(14)19/h5-10,24H,1-4H2,(H,26,27). The Bertz CT molecular complexity index is 1170. The molecule has 4 rings (SSSR count). The fourth-order valence-corrected chi connectivity index (χ4v) is 3.20. The van der Waals surface area contributed by atoms with Crippen LogP contribution in [-0.2, 0) is 4.79 Å². The fourth-order valence-electron chi connectivity index (χ4n) is 3.20. The van der Waals surface area contributed by atoms with Gasteiger partial charge in [0.05, 0.1) is 12.1 Å². The molecular weight excluding hydrogens is 353 g/mol. The second kappa shape index (κ2) is 6.46. The highest BCUT2D eigenvalue weighted by Gasteiger charge is 2.25. The molecule has 1 fully saturated rings. The summed E-state index contributed by atoms with van der Waals surface area (Å²) in [4.78, 5) is 27.4. The molecule has 0 saturated heterocycles. The molecule has 7 nitrogen and oxygen atoms in total. The van der Waals surface area contributed by atoms with Gasteiger partial charge in [0.25, 0.3) is 0 Å². The van der Waals surface area contributed by atoms with Crippen LogP contribution < -0.4 is 10.6 Å². The molecule has 0 spiro atoms. The number of fused-ring (bicyclic) bond motifs is 1. The number of carboxylic acid groups (broad SMARTS) is 1. The van der Waals surface area contributed by atoms with Crippen LogP contribution in [0.1, 0.15) is 37.2 Å². The molecule has 3 aromatic rings. The Morgan fingerprint density at radius 3 is 2.67 bits per heavy atom. The zero-order chi connectivity index (χ0) is 19.1. The van der Waals surface area contributed by atoms with Crippen molar-refractivity contribution in [2.75, 3.05) is 0 Å². The fraction of sp³-hybridized carbons (Fsp3) is 0.263. The van der Waals surface area contributed by atoms with Gasteiger partial charge in [0, 0.05) is 18.1 Å². The molecular formula is C19H16FN3O4. The van der Waals surface area contributed by atoms with Crippen molar-refractivity contribution in [2.24, 2.45) is 0 Å². The molecule has 2 heterocycles. The molecule has 2 N–H and O–H groups in total. The van der Waals surface area contributed by atoms with Crippen LogP contribution >= 0.6 is 0 Å². The van der Waals surface area contributed by atoms with Gasteiger partial charge in [0.15, 0.2) is 11.1 Å². The second-order valence-corrected chi connectivity index (χ2v) is 6.65. The topological polar surface area (TPSA) is 105 Å². The molecule has 2 aromatic heterocycles. The third-order valence-electron chi connectivity index (χ3n) is 4.64. The van der Waals surface area contributed by atoms with E-state index in [4.69, 9.17) is 5.11 Å². The molecule has 0 aliphatic heterocycles. The van der Waals surface area contributed by atoms with Crippen molar-refractivity contribution in [3.05, 3.63) is 57.4 Å². The van der Waals surface area contributed by atoms with E-state index in [-0.39, 0.29) is 29.5 Å². The van der Waals surface area contributed by atoms with Crippen molar-refractivity contribution in [2.45, 2.75) is 31.6 Å². The maximum Gasteiger partial charge on any atom is 0.303 e. The molecule has 0 amide bonds. The van der Waals surface area contributed by atoms with Gasteiger partial charge in [-0.05, 0) is 42.5 Å². The normalized spacial score (nSPS) is 15.1. The minimum Gasteiger partial charge on any atom is -0.511 e. The summed E-state index contributed by atoms with van der Waals surface area (Å²) in [7, 11) is 0. The van der Waals surface area contributed by atoms with E-state index in [1.54, 1.807) is 0 Å². The van der Waals surface area contributed by atoms with Crippen molar-refractivity contribution < 1.29 is 19.4 Å². The summed E-state index contributed by atoms with van der Waals surface area (Å²) in [5.41, 5.74) is 1.33. The lowest BCUT2D eigenvalue weighted by molar-refractivity contribution is -0.136. The lowest BCUT2D eigenvalue weighted by Gasteiger charge is -2.08. The number of carboxylic acids is 1. The number of nitrogens with zero attached hydrogens (tertiary/aromatic N) is 3. The smallest absolute Gasteiger partial charge is 0.303 e. The maximum atomic E-state index is 14.1. The van der Waals surface area contributed by atoms with Crippen molar-refractivity contribution in [3.63, 3.8) is 0 Å². The average molecular weight is 369 g/mol. The van der Waals surface area contributed by atoms with E-state index in [1.165, 1.54) is 29.0 Å². The summed E-state index contributed by atoms with van der Waals surface area (Å²) in [6.07, 6.45) is 2.74. The summed E-state index contributed by atoms with van der Waals surface area (Å²) < 4.78 is 15.4. The van der Waals surface area contributed by atoms with Crippen LogP contribution in [0.2, 0.25) is 0 Å². The minimum atomic E-state index is -1.09. The van der Waals surface area contributed by atoms with Crippen molar-refractivity contribution in [1.29, 1.82) is 0 Å². The van der Waals surface area contributed by atoms with Gasteiger partial charge in [0.1, 0.15) is 23.1 Å². The number of hydrogen-bond acceptors (Lipinski definition) is 5. The quantitative estimate of drug-likeness (QED) is 0.713. The van der Waals surface area contributed by atoms with Gasteiger partial charge in [-0.2, -0.15) is 5.10 Å². The van der Waals surface area contributed by atoms with Crippen LogP contribution in [0.25, 0.3) is 22.7 Å². The Morgan fingerprint density at radius 1 is 1.19 bits per heavy atom. The maximum absolute atomic E-state index is 14.1. The second-order valence-electron chi connectivity index (χ2n) is 6.65. The van der Waals surface area contributed by atoms with Gasteiger partial charge in [-0.3, -0.25) is 9.59 Å². The van der Waals surface area contributed by atoms with E-state index < -0.39 is 17.2 Å². The summed E-state index contributed by atoms with van der Waals surface area (Å²) in [5.74, 6) is -1.50. The van der Waals surface area contributed by atoms with Gasteiger partial charge in [-0.25, -0.2) is 13.9 Å². The van der Waals surface area contributed by atoms with Crippen LogP contribution in [0.5, 0.6) is 0 Å². The number of halogens is 1. The van der Waals surface area contributed by atoms with Gasteiger partial charge in [-0.15, -0.1) is 0 Å². The first-order valence-corrected chi connectivity index (χ1v) is 8.55. The number of aliphatic hydroxyl groups excluding tert-OH is 1. The number of pyridine rings is 1. The Balaban J connectivity index is 1.92. The first kappa shape index (κ1) is 17.1. The lowest BCUT2D eigenvalue weighted by Crippen LogP contribution is -2.30. The molecule has 0 unspecified atom stereocenters. The molecule has 8 heteroatoms. The van der Waals surface area contributed by atoms with E-state index in [0.717, 1.165) is 18.4 Å². The summed E-state index contributed by atoms with van der Waals surface area (Å²) >= 11 is 0. The van der Waals surface area contributed by atoms with E-state index >= 15 is 0 Å². The first-order chi connectivity index (χ1) is 12.9. The third kappa shape index (κ3) is 3.25. The number of rotatable bonds is 5. The molecule has 138 valence electrons. The number of hydrogen-bond donors (Lipinski definition) is 2. The van der Waals surface area contributed by atoms with Gasteiger partial charge in [0.2, 0.25) is 0 Å². The molecule has 0 atom stereocenters. The molecule has 1 aliphatic rings.